The molecule has 0 aliphatic carbocycles. The minimum absolute atomic E-state index is 0.0143. The highest BCUT2D eigenvalue weighted by molar-refractivity contribution is 9.10. The van der Waals surface area contributed by atoms with Crippen LogP contribution >= 0.6 is 15.9 Å². The van der Waals surface area contributed by atoms with Gasteiger partial charge in [-0.25, -0.2) is 0 Å². The monoisotopic (exact) mass is 313 g/mol. The van der Waals surface area contributed by atoms with Crippen molar-refractivity contribution in [2.45, 2.75) is 19.6 Å². The molecular weight excluding hydrogens is 294 g/mol. The van der Waals surface area contributed by atoms with Gasteiger partial charge in [0.05, 0.1) is 6.61 Å². The fourth-order valence-electron chi connectivity index (χ4n) is 1.42. The number of halogens is 1. The van der Waals surface area contributed by atoms with Crippen LogP contribution in [0.25, 0.3) is 0 Å². The topological polar surface area (TPSA) is 30.5 Å². The molecule has 4 heteroatoms. The van der Waals surface area contributed by atoms with Crippen LogP contribution < -0.4 is 10.1 Å². The molecule has 3 nitrogen and oxygen atoms in total. The predicted octanol–water partition coefficient (Wildman–Crippen LogP) is 3.14. The standard InChI is InChI=1S/C14H20BrNO2/c1-4-11(2)18-13-5-6-14(15)12(9-13)10-16-7-8-17-3/h4-6,9,11,16H,1,7-8,10H2,2-3H3. The average molecular weight is 314 g/mol. The Balaban J connectivity index is 2.60. The Bertz CT molecular complexity index is 382. The van der Waals surface area contributed by atoms with E-state index in [1.54, 1.807) is 13.2 Å². The largest absolute Gasteiger partial charge is 0.487 e. The van der Waals surface area contributed by atoms with Gasteiger partial charge < -0.3 is 14.8 Å². The van der Waals surface area contributed by atoms with Gasteiger partial charge in [0.1, 0.15) is 11.9 Å². The van der Waals surface area contributed by atoms with Crippen LogP contribution in [0, 0.1) is 0 Å². The lowest BCUT2D eigenvalue weighted by Crippen LogP contribution is -2.19. The predicted molar refractivity (Wildman–Crippen MR) is 78.0 cm³/mol. The average Bonchev–Trinajstić information content (AvgIpc) is 2.38. The lowest BCUT2D eigenvalue weighted by Gasteiger charge is -2.13. The maximum Gasteiger partial charge on any atom is 0.120 e. The van der Waals surface area contributed by atoms with E-state index in [1.807, 2.05) is 25.1 Å². The highest BCUT2D eigenvalue weighted by Crippen LogP contribution is 2.23. The van der Waals surface area contributed by atoms with Crippen molar-refractivity contribution in [2.24, 2.45) is 0 Å². The van der Waals surface area contributed by atoms with E-state index in [2.05, 4.69) is 27.8 Å². The van der Waals surface area contributed by atoms with E-state index in [0.29, 0.717) is 6.61 Å². The highest BCUT2D eigenvalue weighted by Gasteiger charge is 2.04. The minimum Gasteiger partial charge on any atom is -0.487 e. The third-order valence-electron chi connectivity index (χ3n) is 2.47. The third-order valence-corrected chi connectivity index (χ3v) is 3.24. The number of hydrogen-bond acceptors (Lipinski definition) is 3. The van der Waals surface area contributed by atoms with Crippen molar-refractivity contribution < 1.29 is 9.47 Å². The van der Waals surface area contributed by atoms with Crippen molar-refractivity contribution in [1.29, 1.82) is 0 Å². The Morgan fingerprint density at radius 3 is 2.94 bits per heavy atom. The molecule has 0 amide bonds. The summed E-state index contributed by atoms with van der Waals surface area (Å²) in [6, 6.07) is 5.98. The molecule has 1 atom stereocenters. The molecule has 0 bridgehead atoms. The summed E-state index contributed by atoms with van der Waals surface area (Å²) in [5, 5.41) is 3.31. The summed E-state index contributed by atoms with van der Waals surface area (Å²) in [6.45, 7) is 7.99. The molecular formula is C14H20BrNO2. The molecule has 1 N–H and O–H groups in total. The van der Waals surface area contributed by atoms with Gasteiger partial charge in [0.15, 0.2) is 0 Å². The number of nitrogens with one attached hydrogen (secondary N) is 1. The third kappa shape index (κ3) is 5.21. The van der Waals surface area contributed by atoms with Crippen molar-refractivity contribution >= 4 is 15.9 Å². The molecule has 1 aromatic carbocycles. The molecule has 100 valence electrons. The zero-order chi connectivity index (χ0) is 13.4. The summed E-state index contributed by atoms with van der Waals surface area (Å²) in [5.41, 5.74) is 1.17. The van der Waals surface area contributed by atoms with Crippen LogP contribution in [0.1, 0.15) is 12.5 Å². The van der Waals surface area contributed by atoms with Crippen LogP contribution in [0.2, 0.25) is 0 Å². The van der Waals surface area contributed by atoms with Gasteiger partial charge in [-0.05, 0) is 30.7 Å². The van der Waals surface area contributed by atoms with Crippen molar-refractivity contribution in [3.8, 4) is 5.75 Å². The van der Waals surface area contributed by atoms with Crippen LogP contribution in [-0.4, -0.2) is 26.4 Å². The Hall–Kier alpha value is -0.840. The molecule has 1 unspecified atom stereocenters. The normalized spacial score (nSPS) is 12.2. The summed E-state index contributed by atoms with van der Waals surface area (Å²) in [5.74, 6) is 0.856. The van der Waals surface area contributed by atoms with Crippen LogP contribution in [0.5, 0.6) is 5.75 Å². The zero-order valence-corrected chi connectivity index (χ0v) is 12.5. The molecule has 18 heavy (non-hydrogen) atoms. The molecule has 0 saturated carbocycles. The van der Waals surface area contributed by atoms with Crippen LogP contribution in [-0.2, 0) is 11.3 Å². The van der Waals surface area contributed by atoms with E-state index in [1.165, 1.54) is 5.56 Å². The maximum atomic E-state index is 5.70. The van der Waals surface area contributed by atoms with Gasteiger partial charge in [-0.1, -0.05) is 28.6 Å². The Morgan fingerprint density at radius 2 is 2.28 bits per heavy atom. The SMILES string of the molecule is C=CC(C)Oc1ccc(Br)c(CNCCOC)c1. The molecule has 1 rings (SSSR count). The summed E-state index contributed by atoms with van der Waals surface area (Å²) in [7, 11) is 1.70. The first-order chi connectivity index (χ1) is 8.67. The Labute approximate surface area is 117 Å². The van der Waals surface area contributed by atoms with Gasteiger partial charge in [-0.15, -0.1) is 0 Å². The lowest BCUT2D eigenvalue weighted by atomic mass is 10.2. The van der Waals surface area contributed by atoms with Gasteiger partial charge in [0, 0.05) is 24.7 Å². The maximum absolute atomic E-state index is 5.70. The smallest absolute Gasteiger partial charge is 0.120 e. The Morgan fingerprint density at radius 1 is 1.50 bits per heavy atom. The van der Waals surface area contributed by atoms with Crippen molar-refractivity contribution in [3.63, 3.8) is 0 Å². The molecule has 0 aliphatic heterocycles. The highest BCUT2D eigenvalue weighted by atomic mass is 79.9. The second kappa shape index (κ2) is 8.29. The van der Waals surface area contributed by atoms with Gasteiger partial charge >= 0.3 is 0 Å². The first kappa shape index (κ1) is 15.2. The van der Waals surface area contributed by atoms with Crippen molar-refractivity contribution in [1.82, 2.24) is 5.32 Å². The molecule has 0 aliphatic rings. The first-order valence-electron chi connectivity index (χ1n) is 5.94. The van der Waals surface area contributed by atoms with Gasteiger partial charge in [-0.3, -0.25) is 0 Å². The zero-order valence-electron chi connectivity index (χ0n) is 10.9. The molecule has 0 radical (unpaired) electrons. The summed E-state index contributed by atoms with van der Waals surface area (Å²) < 4.78 is 11.8. The van der Waals surface area contributed by atoms with E-state index in [4.69, 9.17) is 9.47 Å². The molecule has 0 aromatic heterocycles. The van der Waals surface area contributed by atoms with Gasteiger partial charge in [0.2, 0.25) is 0 Å². The minimum atomic E-state index is 0.0143. The number of methoxy groups -OCH3 is 1. The van der Waals surface area contributed by atoms with Crippen molar-refractivity contribution in [3.05, 3.63) is 40.9 Å². The number of rotatable bonds is 8. The summed E-state index contributed by atoms with van der Waals surface area (Å²) in [6.07, 6.45) is 1.79. The first-order valence-corrected chi connectivity index (χ1v) is 6.74. The quantitative estimate of drug-likeness (QED) is 0.591. The lowest BCUT2D eigenvalue weighted by molar-refractivity contribution is 0.199. The van der Waals surface area contributed by atoms with Crippen LogP contribution in [0.15, 0.2) is 35.3 Å². The Kier molecular flexibility index (Phi) is 7.01. The van der Waals surface area contributed by atoms with E-state index in [0.717, 1.165) is 23.3 Å². The molecule has 0 heterocycles. The fraction of sp³-hybridized carbons (Fsp3) is 0.429. The molecule has 0 saturated heterocycles. The number of benzene rings is 1. The molecule has 0 fully saturated rings. The second-order valence-corrected chi connectivity index (χ2v) is 4.84. The number of ether oxygens (including phenoxy) is 2. The second-order valence-electron chi connectivity index (χ2n) is 3.98. The van der Waals surface area contributed by atoms with E-state index in [-0.39, 0.29) is 6.10 Å². The van der Waals surface area contributed by atoms with E-state index >= 15 is 0 Å². The summed E-state index contributed by atoms with van der Waals surface area (Å²) >= 11 is 3.54. The fourth-order valence-corrected chi connectivity index (χ4v) is 1.81. The van der Waals surface area contributed by atoms with Crippen LogP contribution in [0.3, 0.4) is 0 Å². The molecule has 1 aromatic rings. The summed E-state index contributed by atoms with van der Waals surface area (Å²) in [4.78, 5) is 0. The van der Waals surface area contributed by atoms with Crippen LogP contribution in [0.4, 0.5) is 0 Å². The van der Waals surface area contributed by atoms with E-state index < -0.39 is 0 Å². The van der Waals surface area contributed by atoms with Gasteiger partial charge in [-0.2, -0.15) is 0 Å². The van der Waals surface area contributed by atoms with Gasteiger partial charge in [0.25, 0.3) is 0 Å². The molecule has 0 spiro atoms. The number of hydrogen-bond donors (Lipinski definition) is 1. The van der Waals surface area contributed by atoms with E-state index in [9.17, 15) is 0 Å². The van der Waals surface area contributed by atoms with Crippen molar-refractivity contribution in [2.75, 3.05) is 20.3 Å².